The van der Waals surface area contributed by atoms with Crippen molar-refractivity contribution in [2.75, 3.05) is 6.54 Å². The quantitative estimate of drug-likeness (QED) is 0.340. The normalized spacial score (nSPS) is 12.1. The lowest BCUT2D eigenvalue weighted by Crippen LogP contribution is -2.11. The summed E-state index contributed by atoms with van der Waals surface area (Å²) < 4.78 is 1.94. The van der Waals surface area contributed by atoms with Crippen LogP contribution >= 0.6 is 11.8 Å². The Balaban J connectivity index is 1.94. The van der Waals surface area contributed by atoms with Gasteiger partial charge in [-0.25, -0.2) is 0 Å². The number of nitro groups is 1. The van der Waals surface area contributed by atoms with Crippen molar-refractivity contribution in [2.45, 2.75) is 37.6 Å². The molecule has 1 atom stereocenters. The summed E-state index contributed by atoms with van der Waals surface area (Å²) >= 11 is 1.38. The molecule has 0 aliphatic carbocycles. The average Bonchev–Trinajstić information content (AvgIpc) is 3.02. The lowest BCUT2D eigenvalue weighted by Gasteiger charge is -2.14. The highest BCUT2D eigenvalue weighted by atomic mass is 32.2. The number of aryl methyl sites for hydroxylation is 3. The number of hydrogen-bond acceptors (Lipinski definition) is 5. The maximum atomic E-state index is 11.2. The summed E-state index contributed by atoms with van der Waals surface area (Å²) in [5.74, 6) is 0.752. The second kappa shape index (κ2) is 8.35. The zero-order chi connectivity index (χ0) is 19.4. The molecule has 0 radical (unpaired) electrons. The zero-order valence-electron chi connectivity index (χ0n) is 15.6. The van der Waals surface area contributed by atoms with E-state index in [1.54, 1.807) is 0 Å². The largest absolute Gasteiger partial charge is 0.274 e. The first-order chi connectivity index (χ1) is 13.0. The molecule has 27 heavy (non-hydrogen) atoms. The van der Waals surface area contributed by atoms with Crippen molar-refractivity contribution in [2.24, 2.45) is 0 Å². The van der Waals surface area contributed by atoms with E-state index < -0.39 is 0 Å². The molecule has 0 N–H and O–H groups in total. The Bertz CT molecular complexity index is 920. The predicted octanol–water partition coefficient (Wildman–Crippen LogP) is 4.56. The summed E-state index contributed by atoms with van der Waals surface area (Å²) in [7, 11) is 0. The molecule has 0 spiro atoms. The van der Waals surface area contributed by atoms with E-state index in [0.29, 0.717) is 5.16 Å². The van der Waals surface area contributed by atoms with Crippen LogP contribution in [0.15, 0.2) is 53.7 Å². The molecule has 0 unspecified atom stereocenters. The lowest BCUT2D eigenvalue weighted by molar-refractivity contribution is -0.479. The molecule has 0 amide bonds. The fraction of sp³-hybridized carbons (Fsp3) is 0.300. The van der Waals surface area contributed by atoms with Crippen LogP contribution in [0.25, 0.3) is 5.69 Å². The van der Waals surface area contributed by atoms with Gasteiger partial charge in [-0.05, 0) is 43.5 Å². The van der Waals surface area contributed by atoms with Gasteiger partial charge in [0.25, 0.3) is 0 Å². The maximum absolute atomic E-state index is 11.2. The molecule has 3 aromatic rings. The van der Waals surface area contributed by atoms with E-state index in [-0.39, 0.29) is 16.7 Å². The van der Waals surface area contributed by atoms with E-state index in [2.05, 4.69) is 17.1 Å². The summed E-state index contributed by atoms with van der Waals surface area (Å²) in [6, 6.07) is 16.1. The molecule has 0 fully saturated rings. The minimum Gasteiger partial charge on any atom is -0.274 e. The fourth-order valence-electron chi connectivity index (χ4n) is 2.85. The third-order valence-corrected chi connectivity index (χ3v) is 5.59. The van der Waals surface area contributed by atoms with E-state index in [1.165, 1.54) is 22.9 Å². The highest BCUT2D eigenvalue weighted by Gasteiger charge is 2.23. The molecule has 140 valence electrons. The number of rotatable bonds is 7. The van der Waals surface area contributed by atoms with Crippen LogP contribution in [0.3, 0.4) is 0 Å². The van der Waals surface area contributed by atoms with Gasteiger partial charge in [0.1, 0.15) is 11.1 Å². The Morgan fingerprint density at radius 2 is 1.74 bits per heavy atom. The van der Waals surface area contributed by atoms with Crippen molar-refractivity contribution in [1.29, 1.82) is 0 Å². The van der Waals surface area contributed by atoms with Gasteiger partial charge in [0.05, 0.1) is 0 Å². The topological polar surface area (TPSA) is 73.8 Å². The van der Waals surface area contributed by atoms with Crippen molar-refractivity contribution in [3.8, 4) is 5.69 Å². The Morgan fingerprint density at radius 1 is 1.07 bits per heavy atom. The minimum absolute atomic E-state index is 0.171. The predicted molar refractivity (Wildman–Crippen MR) is 107 cm³/mol. The molecule has 1 aromatic heterocycles. The monoisotopic (exact) mass is 382 g/mol. The molecule has 0 saturated carbocycles. The lowest BCUT2D eigenvalue weighted by atomic mass is 10.1. The maximum Gasteiger partial charge on any atom is 0.220 e. The van der Waals surface area contributed by atoms with Gasteiger partial charge in [-0.3, -0.25) is 14.7 Å². The van der Waals surface area contributed by atoms with Crippen molar-refractivity contribution >= 4 is 11.8 Å². The summed E-state index contributed by atoms with van der Waals surface area (Å²) in [6.45, 7) is 5.84. The van der Waals surface area contributed by atoms with Crippen LogP contribution in [0.2, 0.25) is 0 Å². The van der Waals surface area contributed by atoms with Crippen molar-refractivity contribution in [3.63, 3.8) is 0 Å². The Hall–Kier alpha value is -2.67. The van der Waals surface area contributed by atoms with Crippen molar-refractivity contribution < 1.29 is 4.92 Å². The molecular weight excluding hydrogens is 360 g/mol. The Kier molecular flexibility index (Phi) is 5.91. The smallest absolute Gasteiger partial charge is 0.220 e. The van der Waals surface area contributed by atoms with Gasteiger partial charge < -0.3 is 0 Å². The van der Waals surface area contributed by atoms with E-state index >= 15 is 0 Å². The second-order valence-electron chi connectivity index (χ2n) is 6.42. The second-order valence-corrected chi connectivity index (χ2v) is 7.59. The molecule has 1 heterocycles. The first-order valence-corrected chi connectivity index (χ1v) is 9.72. The highest BCUT2D eigenvalue weighted by Crippen LogP contribution is 2.36. The van der Waals surface area contributed by atoms with Crippen LogP contribution in [0, 0.1) is 24.0 Å². The van der Waals surface area contributed by atoms with Crippen molar-refractivity contribution in [1.82, 2.24) is 14.8 Å². The minimum atomic E-state index is -0.335. The fourth-order valence-corrected chi connectivity index (χ4v) is 4.03. The summed E-state index contributed by atoms with van der Waals surface area (Å²) in [6.07, 6.45) is 0.939. The van der Waals surface area contributed by atoms with Gasteiger partial charge in [0.15, 0.2) is 5.16 Å². The number of thioether (sulfide) groups is 1. The molecule has 0 aliphatic heterocycles. The van der Waals surface area contributed by atoms with E-state index in [4.69, 9.17) is 0 Å². The highest BCUT2D eigenvalue weighted by molar-refractivity contribution is 7.99. The van der Waals surface area contributed by atoms with Gasteiger partial charge in [0, 0.05) is 10.6 Å². The third kappa shape index (κ3) is 4.54. The van der Waals surface area contributed by atoms with Gasteiger partial charge in [-0.2, -0.15) is 0 Å². The number of hydrogen-bond donors (Lipinski definition) is 0. The molecular formula is C20H22N4O2S. The van der Waals surface area contributed by atoms with Gasteiger partial charge in [-0.15, -0.1) is 10.2 Å². The Morgan fingerprint density at radius 3 is 2.33 bits per heavy atom. The molecule has 3 rings (SSSR count). The van der Waals surface area contributed by atoms with E-state index in [0.717, 1.165) is 23.5 Å². The van der Waals surface area contributed by atoms with Gasteiger partial charge in [-0.1, -0.05) is 60.6 Å². The number of benzene rings is 2. The summed E-state index contributed by atoms with van der Waals surface area (Å²) in [5.41, 5.74) is 4.25. The van der Waals surface area contributed by atoms with E-state index in [9.17, 15) is 10.1 Å². The molecule has 2 aromatic carbocycles. The molecule has 0 aliphatic rings. The molecule has 7 heteroatoms. The molecule has 0 bridgehead atoms. The van der Waals surface area contributed by atoms with Crippen LogP contribution < -0.4 is 0 Å². The molecule has 6 nitrogen and oxygen atoms in total. The summed E-state index contributed by atoms with van der Waals surface area (Å²) in [5, 5.41) is 20.0. The number of aromatic nitrogens is 3. The van der Waals surface area contributed by atoms with E-state index in [1.807, 2.05) is 66.9 Å². The first-order valence-electron chi connectivity index (χ1n) is 8.84. The summed E-state index contributed by atoms with van der Waals surface area (Å²) in [4.78, 5) is 11.0. The van der Waals surface area contributed by atoms with Gasteiger partial charge in [0.2, 0.25) is 6.54 Å². The average molecular weight is 382 g/mol. The van der Waals surface area contributed by atoms with Crippen LogP contribution in [-0.4, -0.2) is 26.2 Å². The van der Waals surface area contributed by atoms with Gasteiger partial charge >= 0.3 is 0 Å². The Labute approximate surface area is 162 Å². The van der Waals surface area contributed by atoms with Crippen LogP contribution in [0.5, 0.6) is 0 Å². The standard InChI is InChI=1S/C20H22N4O2S/c1-4-16-7-9-17(10-8-16)19(13-23(25)26)27-20-22-21-15(3)24(20)18-11-5-14(2)6-12-18/h5-12,19H,4,13H2,1-3H3/t19-/m0/s1. The van der Waals surface area contributed by atoms with Crippen molar-refractivity contribution in [3.05, 3.63) is 81.2 Å². The third-order valence-electron chi connectivity index (χ3n) is 4.41. The first kappa shape index (κ1) is 19.1. The van der Waals surface area contributed by atoms with Crippen LogP contribution in [0.4, 0.5) is 0 Å². The van der Waals surface area contributed by atoms with Crippen LogP contribution in [-0.2, 0) is 6.42 Å². The molecule has 0 saturated heterocycles. The number of nitrogens with zero attached hydrogens (tertiary/aromatic N) is 4. The zero-order valence-corrected chi connectivity index (χ0v) is 16.4. The van der Waals surface area contributed by atoms with Crippen LogP contribution in [0.1, 0.15) is 34.7 Å². The SMILES string of the molecule is CCc1ccc([C@H](C[N+](=O)[O-])Sc2nnc(C)n2-c2ccc(C)cc2)cc1.